The third kappa shape index (κ3) is 4.34. The molecule has 1 aliphatic carbocycles. The van der Waals surface area contributed by atoms with E-state index in [1.807, 2.05) is 0 Å². The van der Waals surface area contributed by atoms with Crippen molar-refractivity contribution in [1.29, 1.82) is 0 Å². The fraction of sp³-hybridized carbons (Fsp3) is 0.400. The van der Waals surface area contributed by atoms with Crippen molar-refractivity contribution in [3.63, 3.8) is 0 Å². The lowest BCUT2D eigenvalue weighted by molar-refractivity contribution is 0.521. The Kier molecular flexibility index (Phi) is 4.97. The highest BCUT2D eigenvalue weighted by molar-refractivity contribution is 7.88. The summed E-state index contributed by atoms with van der Waals surface area (Å²) in [5, 5.41) is 0. The Bertz CT molecular complexity index is 620. The van der Waals surface area contributed by atoms with Gasteiger partial charge in [0.05, 0.1) is 11.4 Å². The van der Waals surface area contributed by atoms with Gasteiger partial charge in [0.1, 0.15) is 0 Å². The molecule has 0 atom stereocenters. The first-order valence-corrected chi connectivity index (χ1v) is 8.25. The van der Waals surface area contributed by atoms with E-state index in [1.165, 1.54) is 52.5 Å². The van der Waals surface area contributed by atoms with Crippen molar-refractivity contribution in [2.24, 2.45) is 8.80 Å². The minimum Gasteiger partial charge on any atom is -0.189 e. The topological polar surface area (TPSA) is 99.5 Å². The Morgan fingerprint density at radius 1 is 0.700 bits per heavy atom. The highest BCUT2D eigenvalue weighted by Gasteiger charge is 2.14. The van der Waals surface area contributed by atoms with Crippen LogP contribution in [0.1, 0.15) is 0 Å². The molecule has 0 saturated carbocycles. The maximum absolute atomic E-state index is 11.5. The van der Waals surface area contributed by atoms with Crippen LogP contribution in [0.4, 0.5) is 0 Å². The summed E-state index contributed by atoms with van der Waals surface area (Å²) in [5.41, 5.74) is 0.389. The summed E-state index contributed by atoms with van der Waals surface area (Å²) in [6.45, 7) is 0. The van der Waals surface area contributed by atoms with Gasteiger partial charge in [-0.2, -0.15) is 34.2 Å². The first-order valence-electron chi connectivity index (χ1n) is 5.45. The monoisotopic (exact) mass is 320 g/mol. The molecule has 0 saturated heterocycles. The van der Waals surface area contributed by atoms with Crippen LogP contribution >= 0.6 is 0 Å². The minimum absolute atomic E-state index is 0.194. The summed E-state index contributed by atoms with van der Waals surface area (Å²) < 4.78 is 55.2. The first-order chi connectivity index (χ1) is 9.04. The van der Waals surface area contributed by atoms with Crippen LogP contribution in [0.5, 0.6) is 0 Å². The summed E-state index contributed by atoms with van der Waals surface area (Å²) in [7, 11) is -1.95. The summed E-state index contributed by atoms with van der Waals surface area (Å²) in [6, 6.07) is 0. The van der Waals surface area contributed by atoms with Crippen molar-refractivity contribution in [1.82, 2.24) is 8.61 Å². The number of hydrogen-bond donors (Lipinski definition) is 0. The number of hydrogen-bond acceptors (Lipinski definition) is 4. The second-order valence-corrected chi connectivity index (χ2v) is 7.84. The van der Waals surface area contributed by atoms with Crippen molar-refractivity contribution in [3.8, 4) is 0 Å². The fourth-order valence-electron chi connectivity index (χ4n) is 1.00. The molecule has 1 aliphatic rings. The molecule has 0 aromatic carbocycles. The van der Waals surface area contributed by atoms with E-state index < -0.39 is 20.4 Å². The molecule has 20 heavy (non-hydrogen) atoms. The summed E-state index contributed by atoms with van der Waals surface area (Å²) in [4.78, 5) is 0. The molecule has 0 unspecified atom stereocenters. The number of nitrogens with zero attached hydrogens (tertiary/aromatic N) is 4. The van der Waals surface area contributed by atoms with Crippen LogP contribution in [-0.4, -0.2) is 65.1 Å². The Morgan fingerprint density at radius 3 is 1.15 bits per heavy atom. The summed E-state index contributed by atoms with van der Waals surface area (Å²) >= 11 is 0. The predicted molar refractivity (Wildman–Crippen MR) is 78.4 cm³/mol. The van der Waals surface area contributed by atoms with E-state index in [-0.39, 0.29) is 11.4 Å². The van der Waals surface area contributed by atoms with Gasteiger partial charge in [0.2, 0.25) is 0 Å². The lowest BCUT2D eigenvalue weighted by Gasteiger charge is -2.09. The van der Waals surface area contributed by atoms with Crippen LogP contribution in [0.3, 0.4) is 0 Å². The second kappa shape index (κ2) is 5.95. The van der Waals surface area contributed by atoms with Gasteiger partial charge in [0.15, 0.2) is 0 Å². The van der Waals surface area contributed by atoms with Gasteiger partial charge >= 0.3 is 20.4 Å². The van der Waals surface area contributed by atoms with Crippen LogP contribution < -0.4 is 0 Å². The van der Waals surface area contributed by atoms with Crippen LogP contribution in [0.15, 0.2) is 33.1 Å². The van der Waals surface area contributed by atoms with E-state index in [4.69, 9.17) is 0 Å². The maximum atomic E-state index is 11.5. The van der Waals surface area contributed by atoms with Crippen molar-refractivity contribution in [2.45, 2.75) is 0 Å². The van der Waals surface area contributed by atoms with Gasteiger partial charge in [-0.3, -0.25) is 0 Å². The zero-order valence-corrected chi connectivity index (χ0v) is 13.2. The zero-order valence-electron chi connectivity index (χ0n) is 11.5. The first kappa shape index (κ1) is 16.7. The summed E-state index contributed by atoms with van der Waals surface area (Å²) in [6.07, 6.45) is 5.52. The molecule has 0 spiro atoms. The molecule has 112 valence electrons. The molecule has 0 heterocycles. The van der Waals surface area contributed by atoms with Gasteiger partial charge < -0.3 is 0 Å². The highest BCUT2D eigenvalue weighted by atomic mass is 32.2. The molecule has 0 aliphatic heterocycles. The molecule has 0 amide bonds. The van der Waals surface area contributed by atoms with Crippen molar-refractivity contribution < 1.29 is 16.8 Å². The standard InChI is InChI=1S/C10H16N4O4S2/c1-13(2)19(15,16)11-9-5-7-10(8-6-9)12-20(17,18)14(3)4/h5-8H,1-4H3. The molecule has 0 aromatic heterocycles. The number of allylic oxidation sites excluding steroid dienone is 4. The lowest BCUT2D eigenvalue weighted by atomic mass is 10.1. The molecule has 1 rings (SSSR count). The molecule has 0 radical (unpaired) electrons. The van der Waals surface area contributed by atoms with Gasteiger partial charge in [-0.15, -0.1) is 0 Å². The molecule has 8 nitrogen and oxygen atoms in total. The van der Waals surface area contributed by atoms with Gasteiger partial charge in [0.25, 0.3) is 0 Å². The Labute approximate surface area is 119 Å². The van der Waals surface area contributed by atoms with Crippen molar-refractivity contribution in [2.75, 3.05) is 28.2 Å². The van der Waals surface area contributed by atoms with E-state index in [9.17, 15) is 16.8 Å². The molecular formula is C10H16N4O4S2. The Balaban J connectivity index is 3.02. The van der Waals surface area contributed by atoms with E-state index in [2.05, 4.69) is 8.80 Å². The normalized spacial score (nSPS) is 16.1. The molecule has 0 aromatic rings. The van der Waals surface area contributed by atoms with Gasteiger partial charge in [-0.05, 0) is 24.3 Å². The lowest BCUT2D eigenvalue weighted by Crippen LogP contribution is -2.22. The van der Waals surface area contributed by atoms with Gasteiger partial charge in [-0.25, -0.2) is 0 Å². The fourth-order valence-corrected chi connectivity index (χ4v) is 2.11. The van der Waals surface area contributed by atoms with Crippen LogP contribution in [0.25, 0.3) is 0 Å². The van der Waals surface area contributed by atoms with Crippen LogP contribution in [-0.2, 0) is 20.4 Å². The Morgan fingerprint density at radius 2 is 0.950 bits per heavy atom. The zero-order chi connectivity index (χ0) is 15.6. The van der Waals surface area contributed by atoms with Crippen molar-refractivity contribution in [3.05, 3.63) is 24.3 Å². The van der Waals surface area contributed by atoms with Gasteiger partial charge in [-0.1, -0.05) is 0 Å². The maximum Gasteiger partial charge on any atom is 0.322 e. The van der Waals surface area contributed by atoms with E-state index in [0.717, 1.165) is 8.61 Å². The third-order valence-corrected chi connectivity index (χ3v) is 4.94. The molecular weight excluding hydrogens is 304 g/mol. The molecule has 0 bridgehead atoms. The average molecular weight is 320 g/mol. The van der Waals surface area contributed by atoms with E-state index >= 15 is 0 Å². The largest absolute Gasteiger partial charge is 0.322 e. The van der Waals surface area contributed by atoms with E-state index in [1.54, 1.807) is 0 Å². The van der Waals surface area contributed by atoms with Crippen molar-refractivity contribution >= 4 is 31.8 Å². The second-order valence-electron chi connectivity index (χ2n) is 4.22. The third-order valence-electron chi connectivity index (χ3n) is 2.21. The average Bonchev–Trinajstić information content (AvgIpc) is 2.30. The molecule has 10 heteroatoms. The minimum atomic E-state index is -3.71. The SMILES string of the molecule is CN(C)S(=O)(=O)N=C1C=CC(=NS(=O)(=O)N(C)C)C=C1. The smallest absolute Gasteiger partial charge is 0.189 e. The summed E-state index contributed by atoms with van der Waals surface area (Å²) in [5.74, 6) is 0. The van der Waals surface area contributed by atoms with Crippen LogP contribution in [0, 0.1) is 0 Å². The highest BCUT2D eigenvalue weighted by Crippen LogP contribution is 2.06. The predicted octanol–water partition coefficient (Wildman–Crippen LogP) is -0.393. The van der Waals surface area contributed by atoms with Gasteiger partial charge in [0, 0.05) is 28.2 Å². The molecule has 0 N–H and O–H groups in total. The molecule has 0 fully saturated rings. The van der Waals surface area contributed by atoms with E-state index in [0.29, 0.717) is 0 Å². The quantitative estimate of drug-likeness (QED) is 0.658. The van der Waals surface area contributed by atoms with Crippen LogP contribution in [0.2, 0.25) is 0 Å². The number of rotatable bonds is 4. The Hall–Kier alpha value is -1.36.